The molecule has 7 N–H and O–H groups in total. The molecule has 16 heteroatoms. The monoisotopic (exact) mass is 687 g/mol. The molecule has 2 amide bonds. The van der Waals surface area contributed by atoms with E-state index >= 15 is 0 Å². The molecule has 1 unspecified atom stereocenters. The number of aromatic nitrogens is 4. The van der Waals surface area contributed by atoms with E-state index in [0.717, 1.165) is 12.6 Å². The molecule has 0 spiro atoms. The maximum absolute atomic E-state index is 14.0. The lowest BCUT2D eigenvalue weighted by Crippen LogP contribution is -2.27. The van der Waals surface area contributed by atoms with Crippen LogP contribution in [-0.4, -0.2) is 31.6 Å². The molecule has 2 aromatic carbocycles. The summed E-state index contributed by atoms with van der Waals surface area (Å²) in [6.07, 6.45) is 5.95. The number of anilines is 2. The van der Waals surface area contributed by atoms with Crippen LogP contribution in [0.5, 0.6) is 0 Å². The molecule has 1 atom stereocenters. The van der Waals surface area contributed by atoms with E-state index in [0.29, 0.717) is 51.7 Å². The van der Waals surface area contributed by atoms with E-state index in [9.17, 15) is 23.2 Å². The molecular weight excluding hydrogens is 655 g/mol. The van der Waals surface area contributed by atoms with Crippen molar-refractivity contribution in [3.8, 4) is 22.5 Å². The molecule has 12 nitrogen and oxygen atoms in total. The molecule has 0 saturated carbocycles. The first-order chi connectivity index (χ1) is 22.3. The molecule has 0 saturated heterocycles. The van der Waals surface area contributed by atoms with E-state index in [1.54, 1.807) is 24.3 Å². The molecule has 248 valence electrons. The highest BCUT2D eigenvalue weighted by Crippen LogP contribution is 2.36. The number of alkyl halides is 2. The number of amides is 2. The van der Waals surface area contributed by atoms with Gasteiger partial charge in [-0.25, -0.2) is 15.5 Å². The van der Waals surface area contributed by atoms with Gasteiger partial charge in [0.05, 0.1) is 47.5 Å². The van der Waals surface area contributed by atoms with Gasteiger partial charge in [-0.1, -0.05) is 49.9 Å². The Morgan fingerprint density at radius 2 is 1.87 bits per heavy atom. The van der Waals surface area contributed by atoms with Crippen LogP contribution in [0.15, 0.2) is 71.1 Å². The van der Waals surface area contributed by atoms with Crippen LogP contribution in [0, 0.1) is 5.92 Å². The lowest BCUT2D eigenvalue weighted by atomic mass is 9.93. The summed E-state index contributed by atoms with van der Waals surface area (Å²) in [4.78, 5) is 42.1. The highest BCUT2D eigenvalue weighted by atomic mass is 35.5. The minimum atomic E-state index is -3.06. The molecule has 4 rings (SSSR count). The van der Waals surface area contributed by atoms with Crippen molar-refractivity contribution in [2.24, 2.45) is 23.2 Å². The van der Waals surface area contributed by atoms with Gasteiger partial charge in [0.15, 0.2) is 0 Å². The standard InChI is InChI=1S/C31H33Cl2F2N9O3/c1-17(2)4-3-5-25(18-8-19(10-20(9-18)30(37)47)29-24(40-16-45)13-41-44(29)31(34)35)42-15-39-23(12-28(42)46)22-11-21(32)6-7-26(22)43(38)14-27(33)36/h6-17,25,31H,3-5,36,38H2,1-2H3,(H2,37,47)(H,40,45)/b27-14-. The summed E-state index contributed by atoms with van der Waals surface area (Å²) in [6.45, 7) is 1.06. The van der Waals surface area contributed by atoms with Gasteiger partial charge in [0.2, 0.25) is 12.3 Å². The quantitative estimate of drug-likeness (QED) is 0.0574. The van der Waals surface area contributed by atoms with Crippen molar-refractivity contribution in [1.29, 1.82) is 0 Å². The molecule has 0 aliphatic heterocycles. The van der Waals surface area contributed by atoms with Crippen LogP contribution in [0.3, 0.4) is 0 Å². The minimum Gasteiger partial charge on any atom is -0.388 e. The van der Waals surface area contributed by atoms with Crippen molar-refractivity contribution in [2.75, 3.05) is 10.3 Å². The first kappa shape index (κ1) is 35.1. The Morgan fingerprint density at radius 3 is 2.49 bits per heavy atom. The molecule has 0 bridgehead atoms. The fourth-order valence-electron chi connectivity index (χ4n) is 5.21. The molecule has 0 aliphatic carbocycles. The number of halogens is 4. The van der Waals surface area contributed by atoms with E-state index in [2.05, 4.69) is 29.2 Å². The van der Waals surface area contributed by atoms with E-state index in [1.165, 1.54) is 40.3 Å². The third kappa shape index (κ3) is 8.33. The second-order valence-electron chi connectivity index (χ2n) is 11.0. The van der Waals surface area contributed by atoms with Crippen molar-refractivity contribution in [2.45, 2.75) is 45.7 Å². The largest absolute Gasteiger partial charge is 0.388 e. The van der Waals surface area contributed by atoms with E-state index in [4.69, 9.17) is 40.5 Å². The number of nitrogens with zero attached hydrogens (tertiary/aromatic N) is 5. The number of nitrogens with two attached hydrogens (primary N) is 3. The topological polar surface area (TPSA) is 180 Å². The zero-order valence-electron chi connectivity index (χ0n) is 25.4. The lowest BCUT2D eigenvalue weighted by Gasteiger charge is -2.23. The molecule has 0 aliphatic rings. The Kier molecular flexibility index (Phi) is 11.3. The number of rotatable bonds is 14. The number of carbonyl (C=O) groups excluding carboxylic acids is 2. The second kappa shape index (κ2) is 15.2. The van der Waals surface area contributed by atoms with E-state index in [-0.39, 0.29) is 33.4 Å². The number of hydrazine groups is 1. The van der Waals surface area contributed by atoms with Gasteiger partial charge in [0, 0.05) is 27.8 Å². The summed E-state index contributed by atoms with van der Waals surface area (Å²) in [7, 11) is 0. The number of primary amides is 1. The number of benzene rings is 2. The average Bonchev–Trinajstić information content (AvgIpc) is 3.43. The third-order valence-corrected chi connectivity index (χ3v) is 7.63. The van der Waals surface area contributed by atoms with Gasteiger partial charge in [-0.2, -0.15) is 13.9 Å². The van der Waals surface area contributed by atoms with Gasteiger partial charge >= 0.3 is 6.55 Å². The van der Waals surface area contributed by atoms with Crippen molar-refractivity contribution < 1.29 is 18.4 Å². The van der Waals surface area contributed by atoms with Crippen molar-refractivity contribution in [1.82, 2.24) is 19.3 Å². The van der Waals surface area contributed by atoms with Crippen LogP contribution in [0.1, 0.15) is 61.6 Å². The summed E-state index contributed by atoms with van der Waals surface area (Å²) in [5.41, 5.74) is 12.3. The molecule has 0 radical (unpaired) electrons. The summed E-state index contributed by atoms with van der Waals surface area (Å²) in [6, 6.07) is 9.80. The predicted molar refractivity (Wildman–Crippen MR) is 178 cm³/mol. The van der Waals surface area contributed by atoms with Crippen LogP contribution in [-0.2, 0) is 4.79 Å². The Morgan fingerprint density at radius 1 is 1.13 bits per heavy atom. The number of hydrogen-bond donors (Lipinski definition) is 4. The molecule has 47 heavy (non-hydrogen) atoms. The average molecular weight is 689 g/mol. The summed E-state index contributed by atoms with van der Waals surface area (Å²) in [5, 5.41) is 7.52. The van der Waals surface area contributed by atoms with Crippen molar-refractivity contribution in [3.63, 3.8) is 0 Å². The zero-order valence-corrected chi connectivity index (χ0v) is 26.9. The van der Waals surface area contributed by atoms with Crippen LogP contribution >= 0.6 is 23.2 Å². The SMILES string of the molecule is CC(C)CCCC(c1cc(C(N)=O)cc(-c2c(NC=O)cnn2C(F)F)c1)n1cnc(-c2cc(Cl)ccc2N(N)/C=C(\N)Cl)cc1=O. The van der Waals surface area contributed by atoms with Gasteiger partial charge in [-0.05, 0) is 54.3 Å². The molecular formula is C31H33Cl2F2N9O3. The highest BCUT2D eigenvalue weighted by molar-refractivity contribution is 6.31. The van der Waals surface area contributed by atoms with E-state index in [1.807, 2.05) is 0 Å². The normalized spacial score (nSPS) is 12.4. The molecule has 4 aromatic rings. The number of carbonyl (C=O) groups is 2. The van der Waals surface area contributed by atoms with Gasteiger partial charge in [0.25, 0.3) is 5.56 Å². The Hall–Kier alpha value is -4.79. The lowest BCUT2D eigenvalue weighted by molar-refractivity contribution is -0.105. The maximum Gasteiger partial charge on any atom is 0.333 e. The smallest absolute Gasteiger partial charge is 0.333 e. The Bertz CT molecular complexity index is 1860. The van der Waals surface area contributed by atoms with Crippen LogP contribution in [0.25, 0.3) is 22.5 Å². The zero-order chi connectivity index (χ0) is 34.4. The Balaban J connectivity index is 1.90. The minimum absolute atomic E-state index is 0.00119. The van der Waals surface area contributed by atoms with Gasteiger partial charge in [0.1, 0.15) is 5.16 Å². The van der Waals surface area contributed by atoms with Crippen molar-refractivity contribution in [3.05, 3.63) is 92.8 Å². The second-order valence-corrected chi connectivity index (χ2v) is 11.9. The van der Waals surface area contributed by atoms with Gasteiger partial charge < -0.3 is 16.8 Å². The van der Waals surface area contributed by atoms with E-state index < -0.39 is 24.1 Å². The van der Waals surface area contributed by atoms with Crippen LogP contribution in [0.2, 0.25) is 5.02 Å². The van der Waals surface area contributed by atoms with Crippen LogP contribution in [0.4, 0.5) is 20.2 Å². The maximum atomic E-state index is 14.0. The summed E-state index contributed by atoms with van der Waals surface area (Å²) in [5.74, 6) is 5.66. The third-order valence-electron chi connectivity index (χ3n) is 7.30. The molecule has 2 aromatic heterocycles. The van der Waals surface area contributed by atoms with Crippen molar-refractivity contribution >= 4 is 46.9 Å². The van der Waals surface area contributed by atoms with Gasteiger partial charge in [-0.3, -0.25) is 24.0 Å². The first-order valence-corrected chi connectivity index (χ1v) is 15.1. The number of hydrogen-bond acceptors (Lipinski definition) is 8. The van der Waals surface area contributed by atoms with Gasteiger partial charge in [-0.15, -0.1) is 0 Å². The first-order valence-electron chi connectivity index (χ1n) is 14.4. The summed E-state index contributed by atoms with van der Waals surface area (Å²) >= 11 is 12.1. The fraction of sp³-hybridized carbons (Fsp3) is 0.258. The highest BCUT2D eigenvalue weighted by Gasteiger charge is 2.24. The Labute approximate surface area is 278 Å². The predicted octanol–water partition coefficient (Wildman–Crippen LogP) is 5.58. The summed E-state index contributed by atoms with van der Waals surface area (Å²) < 4.78 is 29.8. The number of nitrogens with one attached hydrogen (secondary N) is 1. The fourth-order valence-corrected chi connectivity index (χ4v) is 5.49. The molecule has 2 heterocycles. The molecule has 0 fully saturated rings. The van der Waals surface area contributed by atoms with Crippen LogP contribution < -0.4 is 33.2 Å².